The van der Waals surface area contributed by atoms with Gasteiger partial charge in [-0.05, 0) is 30.7 Å². The summed E-state index contributed by atoms with van der Waals surface area (Å²) >= 11 is 0. The van der Waals surface area contributed by atoms with Gasteiger partial charge in [0.05, 0.1) is 13.1 Å². The van der Waals surface area contributed by atoms with E-state index in [0.717, 1.165) is 5.56 Å². The van der Waals surface area contributed by atoms with Crippen LogP contribution in [0.4, 0.5) is 4.39 Å². The predicted octanol–water partition coefficient (Wildman–Crippen LogP) is 1.66. The third-order valence-corrected chi connectivity index (χ3v) is 3.38. The summed E-state index contributed by atoms with van der Waals surface area (Å²) in [6, 6.07) is 8.19. The molecule has 1 heterocycles. The van der Waals surface area contributed by atoms with Gasteiger partial charge in [-0.2, -0.15) is 5.10 Å². The number of halogens is 1. The van der Waals surface area contributed by atoms with Gasteiger partial charge >= 0.3 is 0 Å². The fraction of sp³-hybridized carbons (Fsp3) is 0.375. The maximum Gasteiger partial charge on any atom is 0.236 e. The van der Waals surface area contributed by atoms with Crippen LogP contribution in [0.5, 0.6) is 0 Å². The van der Waals surface area contributed by atoms with Crippen LogP contribution in [0.15, 0.2) is 42.7 Å². The first-order valence-electron chi connectivity index (χ1n) is 7.24. The highest BCUT2D eigenvalue weighted by molar-refractivity contribution is 5.78. The lowest BCUT2D eigenvalue weighted by molar-refractivity contribution is -0.129. The van der Waals surface area contributed by atoms with Gasteiger partial charge in [0.15, 0.2) is 0 Å². The van der Waals surface area contributed by atoms with Gasteiger partial charge in [0.1, 0.15) is 5.82 Å². The summed E-state index contributed by atoms with van der Waals surface area (Å²) in [6.45, 7) is 3.45. The van der Waals surface area contributed by atoms with E-state index in [1.165, 1.54) is 12.1 Å². The van der Waals surface area contributed by atoms with Gasteiger partial charge < -0.3 is 10.2 Å². The van der Waals surface area contributed by atoms with Crippen molar-refractivity contribution in [1.29, 1.82) is 0 Å². The lowest BCUT2D eigenvalue weighted by atomic mass is 10.2. The molecule has 0 saturated carbocycles. The number of likely N-dealkylation sites (N-methyl/N-ethyl adjacent to an activating group) is 1. The number of aromatic nitrogens is 2. The summed E-state index contributed by atoms with van der Waals surface area (Å²) in [5.41, 5.74) is 0.904. The smallest absolute Gasteiger partial charge is 0.236 e. The Kier molecular flexibility index (Phi) is 5.66. The molecule has 2 rings (SSSR count). The Balaban J connectivity index is 1.75. The van der Waals surface area contributed by atoms with E-state index in [1.54, 1.807) is 30.3 Å². The van der Waals surface area contributed by atoms with Gasteiger partial charge in [0, 0.05) is 32.0 Å². The molecule has 1 aromatic carbocycles. The van der Waals surface area contributed by atoms with Crippen LogP contribution >= 0.6 is 0 Å². The standard InChI is InChI=1S/C16H21FN4O/c1-13(11-21-9-3-8-19-21)18-10-16(22)20(2)12-14-4-6-15(17)7-5-14/h3-9,13,18H,10-12H2,1-2H3. The van der Waals surface area contributed by atoms with Crippen molar-refractivity contribution in [3.05, 3.63) is 54.1 Å². The Morgan fingerprint density at radius 2 is 2.14 bits per heavy atom. The van der Waals surface area contributed by atoms with Gasteiger partial charge in [0.2, 0.25) is 5.91 Å². The van der Waals surface area contributed by atoms with Crippen molar-refractivity contribution < 1.29 is 9.18 Å². The lowest BCUT2D eigenvalue weighted by Crippen LogP contribution is -2.40. The second kappa shape index (κ2) is 7.70. The highest BCUT2D eigenvalue weighted by Gasteiger charge is 2.11. The second-order valence-corrected chi connectivity index (χ2v) is 5.39. The van der Waals surface area contributed by atoms with Crippen molar-refractivity contribution in [2.24, 2.45) is 0 Å². The number of amides is 1. The minimum Gasteiger partial charge on any atom is -0.340 e. The van der Waals surface area contributed by atoms with Gasteiger partial charge in [-0.1, -0.05) is 12.1 Å². The molecular formula is C16H21FN4O. The summed E-state index contributed by atoms with van der Waals surface area (Å²) in [5.74, 6) is -0.275. The molecule has 1 aromatic heterocycles. The molecule has 0 aliphatic carbocycles. The van der Waals surface area contributed by atoms with Crippen LogP contribution in [-0.2, 0) is 17.9 Å². The Morgan fingerprint density at radius 1 is 1.41 bits per heavy atom. The van der Waals surface area contributed by atoms with E-state index in [2.05, 4.69) is 10.4 Å². The maximum absolute atomic E-state index is 12.9. The second-order valence-electron chi connectivity index (χ2n) is 5.39. The highest BCUT2D eigenvalue weighted by atomic mass is 19.1. The molecule has 2 aromatic rings. The van der Waals surface area contributed by atoms with Crippen LogP contribution in [0.25, 0.3) is 0 Å². The first-order chi connectivity index (χ1) is 10.5. The Bertz CT molecular complexity index is 583. The number of rotatable bonds is 7. The molecule has 1 N–H and O–H groups in total. The number of carbonyl (C=O) groups excluding carboxylic acids is 1. The van der Waals surface area contributed by atoms with Crippen LogP contribution < -0.4 is 5.32 Å². The zero-order valence-electron chi connectivity index (χ0n) is 12.9. The van der Waals surface area contributed by atoms with Crippen LogP contribution in [-0.4, -0.2) is 40.2 Å². The van der Waals surface area contributed by atoms with Crippen molar-refractivity contribution in [3.63, 3.8) is 0 Å². The average Bonchev–Trinajstić information content (AvgIpc) is 3.00. The topological polar surface area (TPSA) is 50.2 Å². The van der Waals surface area contributed by atoms with Gasteiger partial charge in [0.25, 0.3) is 0 Å². The summed E-state index contributed by atoms with van der Waals surface area (Å²) in [5, 5.41) is 7.32. The van der Waals surface area contributed by atoms with E-state index < -0.39 is 0 Å². The maximum atomic E-state index is 12.9. The Hall–Kier alpha value is -2.21. The molecule has 0 aliphatic rings. The van der Waals surface area contributed by atoms with Crippen molar-refractivity contribution in [2.45, 2.75) is 26.1 Å². The first-order valence-corrected chi connectivity index (χ1v) is 7.24. The van der Waals surface area contributed by atoms with Crippen LogP contribution in [0, 0.1) is 5.82 Å². The van der Waals surface area contributed by atoms with Crippen LogP contribution in [0.2, 0.25) is 0 Å². The Labute approximate surface area is 129 Å². The third-order valence-electron chi connectivity index (χ3n) is 3.38. The predicted molar refractivity (Wildman–Crippen MR) is 82.6 cm³/mol. The molecular weight excluding hydrogens is 283 g/mol. The van der Waals surface area contributed by atoms with Crippen LogP contribution in [0.3, 0.4) is 0 Å². The zero-order valence-corrected chi connectivity index (χ0v) is 12.9. The normalized spacial score (nSPS) is 12.1. The molecule has 0 bridgehead atoms. The number of nitrogens with zero attached hydrogens (tertiary/aromatic N) is 3. The highest BCUT2D eigenvalue weighted by Crippen LogP contribution is 2.05. The minimum atomic E-state index is -0.271. The average molecular weight is 304 g/mol. The molecule has 0 fully saturated rings. The quantitative estimate of drug-likeness (QED) is 0.846. The van der Waals surface area contributed by atoms with Gasteiger partial charge in [-0.3, -0.25) is 9.48 Å². The van der Waals surface area contributed by atoms with Crippen molar-refractivity contribution in [1.82, 2.24) is 20.0 Å². The van der Waals surface area contributed by atoms with Crippen molar-refractivity contribution >= 4 is 5.91 Å². The molecule has 0 radical (unpaired) electrons. The first kappa shape index (κ1) is 16.2. The molecule has 6 heteroatoms. The summed E-state index contributed by atoms with van der Waals surface area (Å²) in [6.07, 6.45) is 3.62. The fourth-order valence-corrected chi connectivity index (χ4v) is 2.10. The fourth-order valence-electron chi connectivity index (χ4n) is 2.10. The zero-order chi connectivity index (χ0) is 15.9. The number of benzene rings is 1. The third kappa shape index (κ3) is 4.96. The minimum absolute atomic E-state index is 0.00311. The molecule has 0 saturated heterocycles. The Morgan fingerprint density at radius 3 is 2.77 bits per heavy atom. The molecule has 0 aliphatic heterocycles. The van der Waals surface area contributed by atoms with E-state index >= 15 is 0 Å². The number of hydrogen-bond donors (Lipinski definition) is 1. The van der Waals surface area contributed by atoms with Gasteiger partial charge in [-0.15, -0.1) is 0 Å². The van der Waals surface area contributed by atoms with Crippen molar-refractivity contribution in [2.75, 3.05) is 13.6 Å². The number of carbonyl (C=O) groups is 1. The summed E-state index contributed by atoms with van der Waals surface area (Å²) in [4.78, 5) is 13.7. The monoisotopic (exact) mass is 304 g/mol. The van der Waals surface area contributed by atoms with Gasteiger partial charge in [-0.25, -0.2) is 4.39 Å². The molecule has 1 unspecified atom stereocenters. The van der Waals surface area contributed by atoms with Crippen molar-refractivity contribution in [3.8, 4) is 0 Å². The van der Waals surface area contributed by atoms with E-state index in [4.69, 9.17) is 0 Å². The molecule has 22 heavy (non-hydrogen) atoms. The number of nitrogens with one attached hydrogen (secondary N) is 1. The van der Waals surface area contributed by atoms with E-state index in [-0.39, 0.29) is 24.3 Å². The van der Waals surface area contributed by atoms with E-state index in [0.29, 0.717) is 13.1 Å². The molecule has 1 atom stereocenters. The largest absolute Gasteiger partial charge is 0.340 e. The molecule has 118 valence electrons. The summed E-state index contributed by atoms with van der Waals surface area (Å²) in [7, 11) is 1.74. The molecule has 1 amide bonds. The molecule has 5 nitrogen and oxygen atoms in total. The van der Waals surface area contributed by atoms with E-state index in [1.807, 2.05) is 23.9 Å². The SMILES string of the molecule is CC(Cn1cccn1)NCC(=O)N(C)Cc1ccc(F)cc1. The lowest BCUT2D eigenvalue weighted by Gasteiger charge is -2.19. The van der Waals surface area contributed by atoms with Crippen LogP contribution in [0.1, 0.15) is 12.5 Å². The van der Waals surface area contributed by atoms with E-state index in [9.17, 15) is 9.18 Å². The molecule has 0 spiro atoms. The number of hydrogen-bond acceptors (Lipinski definition) is 3. The summed E-state index contributed by atoms with van der Waals surface area (Å²) < 4.78 is 14.7.